The van der Waals surface area contributed by atoms with Gasteiger partial charge in [0.2, 0.25) is 0 Å². The highest BCUT2D eigenvalue weighted by atomic mass is 16.4. The second-order valence-corrected chi connectivity index (χ2v) is 7.57. The molecule has 4 rings (SSSR count). The molecule has 0 radical (unpaired) electrons. The van der Waals surface area contributed by atoms with Gasteiger partial charge in [-0.05, 0) is 38.7 Å². The lowest BCUT2D eigenvalue weighted by Crippen LogP contribution is -2.37. The third kappa shape index (κ3) is 2.28. The first kappa shape index (κ1) is 16.8. The molecule has 2 fully saturated rings. The number of H-pyrrole nitrogens is 1. The van der Waals surface area contributed by atoms with E-state index in [1.807, 2.05) is 20.9 Å². The van der Waals surface area contributed by atoms with Crippen molar-refractivity contribution in [2.45, 2.75) is 33.1 Å². The van der Waals surface area contributed by atoms with E-state index >= 15 is 0 Å². The number of carbonyl (C=O) groups is 2. The zero-order chi connectivity index (χ0) is 18.6. The van der Waals surface area contributed by atoms with Gasteiger partial charge in [0.25, 0.3) is 5.91 Å². The minimum atomic E-state index is -0.776. The summed E-state index contributed by atoms with van der Waals surface area (Å²) < 4.78 is 1.79. The van der Waals surface area contributed by atoms with E-state index in [2.05, 4.69) is 15.3 Å². The van der Waals surface area contributed by atoms with Crippen molar-refractivity contribution in [3.05, 3.63) is 23.1 Å². The number of carboxylic acids is 1. The van der Waals surface area contributed by atoms with E-state index in [4.69, 9.17) is 0 Å². The second kappa shape index (κ2) is 5.69. The van der Waals surface area contributed by atoms with Crippen LogP contribution in [0.25, 0.3) is 11.3 Å². The largest absolute Gasteiger partial charge is 0.481 e. The molecule has 0 spiro atoms. The van der Waals surface area contributed by atoms with Gasteiger partial charge in [0.15, 0.2) is 0 Å². The number of fused-ring (bicyclic) bond motifs is 1. The van der Waals surface area contributed by atoms with Crippen molar-refractivity contribution in [3.8, 4) is 11.3 Å². The highest BCUT2D eigenvalue weighted by Gasteiger charge is 2.55. The van der Waals surface area contributed by atoms with Crippen LogP contribution in [0.5, 0.6) is 0 Å². The molecule has 1 saturated heterocycles. The topological polar surface area (TPSA) is 104 Å². The lowest BCUT2D eigenvalue weighted by Gasteiger charge is -2.23. The Morgan fingerprint density at radius 3 is 2.77 bits per heavy atom. The average molecular weight is 357 g/mol. The first-order valence-electron chi connectivity index (χ1n) is 8.92. The first-order valence-corrected chi connectivity index (χ1v) is 8.92. The number of aromatic nitrogens is 4. The summed E-state index contributed by atoms with van der Waals surface area (Å²) in [5.41, 5.74) is 3.06. The van der Waals surface area contributed by atoms with Gasteiger partial charge in [-0.15, -0.1) is 0 Å². The van der Waals surface area contributed by atoms with Crippen molar-refractivity contribution >= 4 is 11.9 Å². The zero-order valence-corrected chi connectivity index (χ0v) is 15.2. The van der Waals surface area contributed by atoms with Gasteiger partial charge in [0.05, 0.1) is 16.8 Å². The molecule has 1 saturated carbocycles. The molecule has 0 aromatic carbocycles. The molecule has 1 aliphatic heterocycles. The minimum absolute atomic E-state index is 0.0501. The van der Waals surface area contributed by atoms with Gasteiger partial charge in [0, 0.05) is 31.4 Å². The monoisotopic (exact) mass is 357 g/mol. The number of nitrogens with one attached hydrogen (secondary N) is 1. The van der Waals surface area contributed by atoms with Gasteiger partial charge in [0.1, 0.15) is 5.69 Å². The summed E-state index contributed by atoms with van der Waals surface area (Å²) in [6, 6.07) is 1.74. The Bertz CT molecular complexity index is 899. The lowest BCUT2D eigenvalue weighted by molar-refractivity contribution is -0.149. The normalized spacial score (nSPS) is 24.9. The van der Waals surface area contributed by atoms with Crippen LogP contribution in [0.4, 0.5) is 0 Å². The smallest absolute Gasteiger partial charge is 0.311 e. The molecular weight excluding hydrogens is 334 g/mol. The molecule has 138 valence electrons. The number of nitrogens with zero attached hydrogens (tertiary/aromatic N) is 4. The number of hydrogen-bond donors (Lipinski definition) is 2. The maximum absolute atomic E-state index is 12.9. The molecule has 2 aliphatic rings. The van der Waals surface area contributed by atoms with E-state index in [0.717, 1.165) is 29.8 Å². The number of carbonyl (C=O) groups excluding carboxylic acids is 1. The van der Waals surface area contributed by atoms with Crippen LogP contribution in [0.2, 0.25) is 0 Å². The molecule has 8 heteroatoms. The quantitative estimate of drug-likeness (QED) is 0.871. The van der Waals surface area contributed by atoms with E-state index in [1.54, 1.807) is 15.6 Å². The molecule has 2 aromatic rings. The van der Waals surface area contributed by atoms with E-state index < -0.39 is 11.4 Å². The van der Waals surface area contributed by atoms with Crippen LogP contribution in [-0.2, 0) is 11.8 Å². The van der Waals surface area contributed by atoms with Crippen molar-refractivity contribution in [2.24, 2.45) is 18.4 Å². The highest BCUT2D eigenvalue weighted by Crippen LogP contribution is 2.49. The van der Waals surface area contributed by atoms with Crippen LogP contribution in [0.1, 0.15) is 41.1 Å². The van der Waals surface area contributed by atoms with Gasteiger partial charge < -0.3 is 10.0 Å². The van der Waals surface area contributed by atoms with Crippen molar-refractivity contribution in [1.82, 2.24) is 24.9 Å². The molecule has 2 N–H and O–H groups in total. The van der Waals surface area contributed by atoms with Crippen molar-refractivity contribution in [3.63, 3.8) is 0 Å². The van der Waals surface area contributed by atoms with Crippen LogP contribution < -0.4 is 0 Å². The summed E-state index contributed by atoms with van der Waals surface area (Å²) >= 11 is 0. The van der Waals surface area contributed by atoms with E-state index in [9.17, 15) is 14.7 Å². The van der Waals surface area contributed by atoms with Crippen LogP contribution in [0.3, 0.4) is 0 Å². The third-order valence-electron chi connectivity index (χ3n) is 6.16. The fraction of sp³-hybridized carbons (Fsp3) is 0.556. The zero-order valence-electron chi connectivity index (χ0n) is 15.2. The van der Waals surface area contributed by atoms with Crippen LogP contribution >= 0.6 is 0 Å². The first-order chi connectivity index (χ1) is 12.3. The summed E-state index contributed by atoms with van der Waals surface area (Å²) in [6.07, 6.45) is 2.45. The summed E-state index contributed by atoms with van der Waals surface area (Å²) in [7, 11) is 1.87. The Morgan fingerprint density at radius 1 is 1.38 bits per heavy atom. The molecule has 8 nitrogen and oxygen atoms in total. The van der Waals surface area contributed by atoms with Gasteiger partial charge >= 0.3 is 5.97 Å². The predicted molar refractivity (Wildman–Crippen MR) is 93.6 cm³/mol. The van der Waals surface area contributed by atoms with Crippen molar-refractivity contribution in [1.29, 1.82) is 0 Å². The van der Waals surface area contributed by atoms with Crippen molar-refractivity contribution in [2.75, 3.05) is 13.1 Å². The van der Waals surface area contributed by atoms with Gasteiger partial charge in [-0.25, -0.2) is 0 Å². The highest BCUT2D eigenvalue weighted by molar-refractivity contribution is 5.94. The predicted octanol–water partition coefficient (Wildman–Crippen LogP) is 1.75. The number of likely N-dealkylation sites (tertiary alicyclic amines) is 1. The molecular formula is C18H23N5O3. The number of aryl methyl sites for hydroxylation is 2. The Morgan fingerprint density at radius 2 is 2.15 bits per heavy atom. The molecule has 2 aromatic heterocycles. The number of aliphatic carboxylic acids is 1. The minimum Gasteiger partial charge on any atom is -0.481 e. The molecule has 0 bridgehead atoms. The van der Waals surface area contributed by atoms with Crippen LogP contribution in [0, 0.1) is 25.2 Å². The molecule has 3 heterocycles. The number of carboxylic acid groups (broad SMARTS) is 1. The summed E-state index contributed by atoms with van der Waals surface area (Å²) in [5, 5.41) is 21.2. The fourth-order valence-corrected chi connectivity index (χ4v) is 4.67. The van der Waals surface area contributed by atoms with Crippen LogP contribution in [-0.4, -0.2) is 55.0 Å². The van der Waals surface area contributed by atoms with Crippen molar-refractivity contribution < 1.29 is 14.7 Å². The maximum Gasteiger partial charge on any atom is 0.311 e. The lowest BCUT2D eigenvalue weighted by atomic mass is 9.81. The third-order valence-corrected chi connectivity index (χ3v) is 6.16. The Hall–Kier alpha value is -2.64. The number of hydrogen-bond acceptors (Lipinski definition) is 4. The van der Waals surface area contributed by atoms with E-state index in [0.29, 0.717) is 24.4 Å². The molecule has 0 unspecified atom stereocenters. The second-order valence-electron chi connectivity index (χ2n) is 7.57. The standard InChI is InChI=1S/C18H23N5O3/c1-10-15(11(2)22(3)21-10)13-7-14(20-19-13)16(24)23-8-12-5-4-6-18(12,9-23)17(25)26/h7,12H,4-6,8-9H2,1-3H3,(H,19,20)(H,25,26)/t12-,18+/m0/s1. The summed E-state index contributed by atoms with van der Waals surface area (Å²) in [6.45, 7) is 4.66. The van der Waals surface area contributed by atoms with Crippen LogP contribution in [0.15, 0.2) is 6.07 Å². The summed E-state index contributed by atoms with van der Waals surface area (Å²) in [4.78, 5) is 26.4. The molecule has 26 heavy (non-hydrogen) atoms. The SMILES string of the molecule is Cc1nn(C)c(C)c1-c1cc(C(=O)N2C[C@@H]3CCC[C@@]3(C(=O)O)C2)[nH]n1. The fourth-order valence-electron chi connectivity index (χ4n) is 4.67. The number of aromatic amines is 1. The Kier molecular flexibility index (Phi) is 3.68. The van der Waals surface area contributed by atoms with E-state index in [-0.39, 0.29) is 18.4 Å². The number of rotatable bonds is 3. The Labute approximate surface area is 151 Å². The maximum atomic E-state index is 12.9. The summed E-state index contributed by atoms with van der Waals surface area (Å²) in [5.74, 6) is -0.908. The molecule has 1 amide bonds. The Balaban J connectivity index is 1.59. The molecule has 1 aliphatic carbocycles. The van der Waals surface area contributed by atoms with Gasteiger partial charge in [-0.3, -0.25) is 19.4 Å². The number of amides is 1. The van der Waals surface area contributed by atoms with Gasteiger partial charge in [-0.2, -0.15) is 10.2 Å². The molecule has 2 atom stereocenters. The average Bonchev–Trinajstić information content (AvgIpc) is 3.30. The van der Waals surface area contributed by atoms with E-state index in [1.165, 1.54) is 0 Å². The van der Waals surface area contributed by atoms with Gasteiger partial charge in [-0.1, -0.05) is 6.42 Å².